The van der Waals surface area contributed by atoms with Crippen LogP contribution in [0, 0.1) is 0 Å². The van der Waals surface area contributed by atoms with E-state index in [9.17, 15) is 30.6 Å². The molecule has 0 amide bonds. The average Bonchev–Trinajstić information content (AvgIpc) is 3.14. The van der Waals surface area contributed by atoms with Gasteiger partial charge in [-0.2, -0.15) is 0 Å². The zero-order chi connectivity index (χ0) is 16.4. The summed E-state index contributed by atoms with van der Waals surface area (Å²) in [5, 5.41) is 56.1. The first-order valence-electron chi connectivity index (χ1n) is 6.89. The summed E-state index contributed by atoms with van der Waals surface area (Å²) in [7, 11) is 0. The van der Waals surface area contributed by atoms with Gasteiger partial charge >= 0.3 is 0 Å². The first-order chi connectivity index (χ1) is 10.5. The molecule has 22 heavy (non-hydrogen) atoms. The molecule has 0 spiro atoms. The number of aliphatic hydroxyl groups is 6. The van der Waals surface area contributed by atoms with Crippen molar-refractivity contribution in [3.63, 3.8) is 0 Å². The second-order valence-electron chi connectivity index (χ2n) is 5.30. The third kappa shape index (κ3) is 2.99. The minimum atomic E-state index is -1.70. The molecule has 10 nitrogen and oxygen atoms in total. The molecule has 2 rings (SSSR count). The van der Waals surface area contributed by atoms with Gasteiger partial charge in [-0.15, -0.1) is 0 Å². The predicted molar refractivity (Wildman–Crippen MR) is 67.5 cm³/mol. The maximum atomic E-state index is 9.40. The zero-order valence-electron chi connectivity index (χ0n) is 11.9. The van der Waals surface area contributed by atoms with Crippen LogP contribution in [0.3, 0.4) is 0 Å². The molecule has 130 valence electrons. The van der Waals surface area contributed by atoms with Crippen molar-refractivity contribution in [2.45, 2.75) is 36.0 Å². The van der Waals surface area contributed by atoms with Gasteiger partial charge < -0.3 is 49.6 Å². The highest BCUT2D eigenvalue weighted by Gasteiger charge is 2.57. The lowest BCUT2D eigenvalue weighted by molar-refractivity contribution is -0.239. The topological polar surface area (TPSA) is 158 Å². The lowest BCUT2D eigenvalue weighted by atomic mass is 10.0. The minimum absolute atomic E-state index is 0.490. The van der Waals surface area contributed by atoms with Crippen LogP contribution in [-0.4, -0.2) is 106 Å². The average molecular weight is 326 g/mol. The third-order valence-electron chi connectivity index (χ3n) is 3.81. The number of aliphatic hydroxyl groups excluding tert-OH is 6. The number of hydrogen-bond acceptors (Lipinski definition) is 10. The minimum Gasteiger partial charge on any atom is -0.394 e. The lowest BCUT2D eigenvalue weighted by Crippen LogP contribution is -2.46. The van der Waals surface area contributed by atoms with Crippen LogP contribution in [0.2, 0.25) is 0 Å². The standard InChI is InChI=1S/C12H22O10/c13-1-7-9(21-11(3-15,4-16)19-7)10-8(2-14)20-12(5-17,6-18)22-10/h7-10,13-18H,1-6H2. The van der Waals surface area contributed by atoms with E-state index in [1.54, 1.807) is 0 Å². The van der Waals surface area contributed by atoms with Gasteiger partial charge in [-0.25, -0.2) is 0 Å². The first-order valence-corrected chi connectivity index (χ1v) is 6.89. The fourth-order valence-corrected chi connectivity index (χ4v) is 2.63. The Morgan fingerprint density at radius 1 is 0.545 bits per heavy atom. The number of ether oxygens (including phenoxy) is 4. The van der Waals surface area contributed by atoms with Crippen LogP contribution in [0.25, 0.3) is 0 Å². The van der Waals surface area contributed by atoms with Crippen molar-refractivity contribution < 1.29 is 49.6 Å². The van der Waals surface area contributed by atoms with Gasteiger partial charge in [-0.05, 0) is 0 Å². The monoisotopic (exact) mass is 326 g/mol. The molecule has 0 aromatic carbocycles. The van der Waals surface area contributed by atoms with Gasteiger partial charge in [-0.3, -0.25) is 0 Å². The number of rotatable bonds is 7. The molecule has 0 aromatic rings. The Morgan fingerprint density at radius 3 is 1.09 bits per heavy atom. The predicted octanol–water partition coefficient (Wildman–Crippen LogP) is -4.10. The maximum absolute atomic E-state index is 9.40. The van der Waals surface area contributed by atoms with E-state index in [-0.39, 0.29) is 0 Å². The summed E-state index contributed by atoms with van der Waals surface area (Å²) in [6.45, 7) is -3.60. The van der Waals surface area contributed by atoms with E-state index in [0.29, 0.717) is 0 Å². The largest absolute Gasteiger partial charge is 0.394 e. The van der Waals surface area contributed by atoms with Crippen LogP contribution in [0.15, 0.2) is 0 Å². The van der Waals surface area contributed by atoms with E-state index in [4.69, 9.17) is 18.9 Å². The molecule has 6 N–H and O–H groups in total. The van der Waals surface area contributed by atoms with Gasteiger partial charge in [-0.1, -0.05) is 0 Å². The van der Waals surface area contributed by atoms with E-state index in [0.717, 1.165) is 0 Å². The summed E-state index contributed by atoms with van der Waals surface area (Å²) < 4.78 is 21.6. The molecule has 2 fully saturated rings. The van der Waals surface area contributed by atoms with E-state index in [2.05, 4.69) is 0 Å². The molecule has 2 aliphatic rings. The Morgan fingerprint density at radius 2 is 0.864 bits per heavy atom. The summed E-state index contributed by atoms with van der Waals surface area (Å²) in [6.07, 6.45) is -3.87. The van der Waals surface area contributed by atoms with Gasteiger partial charge in [0.15, 0.2) is 0 Å². The summed E-state index contributed by atoms with van der Waals surface area (Å²) >= 11 is 0. The Labute approximate surface area is 126 Å². The Balaban J connectivity index is 2.21. The third-order valence-corrected chi connectivity index (χ3v) is 3.81. The quantitative estimate of drug-likeness (QED) is 0.271. The highest BCUT2D eigenvalue weighted by molar-refractivity contribution is 4.97. The van der Waals surface area contributed by atoms with Crippen molar-refractivity contribution in [1.82, 2.24) is 0 Å². The van der Waals surface area contributed by atoms with E-state index < -0.39 is 75.6 Å². The first kappa shape index (κ1) is 17.9. The molecule has 0 aliphatic carbocycles. The van der Waals surface area contributed by atoms with Crippen molar-refractivity contribution in [3.8, 4) is 0 Å². The van der Waals surface area contributed by atoms with Crippen molar-refractivity contribution in [3.05, 3.63) is 0 Å². The Bertz CT molecular complexity index is 322. The molecule has 0 radical (unpaired) electrons. The molecule has 2 heterocycles. The van der Waals surface area contributed by atoms with Crippen LogP contribution in [0.4, 0.5) is 0 Å². The van der Waals surface area contributed by atoms with Crippen LogP contribution in [0.5, 0.6) is 0 Å². The van der Waals surface area contributed by atoms with E-state index in [1.165, 1.54) is 0 Å². The summed E-state index contributed by atoms with van der Waals surface area (Å²) in [5.74, 6) is -3.41. The summed E-state index contributed by atoms with van der Waals surface area (Å²) in [6, 6.07) is 0. The Kier molecular flexibility index (Phi) is 5.72. The highest BCUT2D eigenvalue weighted by Crippen LogP contribution is 2.38. The van der Waals surface area contributed by atoms with Crippen LogP contribution < -0.4 is 0 Å². The SMILES string of the molecule is OCC1OC(CO)(CO)OC1C1OC(CO)(CO)OC1CO. The second-order valence-corrected chi connectivity index (χ2v) is 5.30. The molecule has 0 aromatic heterocycles. The van der Waals surface area contributed by atoms with Gasteiger partial charge in [0.2, 0.25) is 11.6 Å². The fourth-order valence-electron chi connectivity index (χ4n) is 2.63. The molecule has 0 saturated carbocycles. The number of hydrogen-bond donors (Lipinski definition) is 6. The maximum Gasteiger partial charge on any atom is 0.216 e. The van der Waals surface area contributed by atoms with Crippen LogP contribution in [-0.2, 0) is 18.9 Å². The molecule has 0 bridgehead atoms. The Hall–Kier alpha value is -0.400. The molecular formula is C12H22O10. The van der Waals surface area contributed by atoms with Crippen molar-refractivity contribution >= 4 is 0 Å². The van der Waals surface area contributed by atoms with Gasteiger partial charge in [0.25, 0.3) is 0 Å². The van der Waals surface area contributed by atoms with E-state index >= 15 is 0 Å². The summed E-state index contributed by atoms with van der Waals surface area (Å²) in [4.78, 5) is 0. The smallest absolute Gasteiger partial charge is 0.216 e. The van der Waals surface area contributed by atoms with Crippen LogP contribution in [0.1, 0.15) is 0 Å². The normalized spacial score (nSPS) is 36.8. The molecular weight excluding hydrogens is 304 g/mol. The van der Waals surface area contributed by atoms with Crippen molar-refractivity contribution in [2.24, 2.45) is 0 Å². The molecule has 2 saturated heterocycles. The highest BCUT2D eigenvalue weighted by atomic mass is 16.8. The summed E-state index contributed by atoms with van der Waals surface area (Å²) in [5.41, 5.74) is 0. The van der Waals surface area contributed by atoms with E-state index in [1.807, 2.05) is 0 Å². The van der Waals surface area contributed by atoms with Gasteiger partial charge in [0, 0.05) is 0 Å². The van der Waals surface area contributed by atoms with Gasteiger partial charge in [0.05, 0.1) is 39.6 Å². The molecule has 10 heteroatoms. The van der Waals surface area contributed by atoms with Gasteiger partial charge in [0.1, 0.15) is 24.4 Å². The van der Waals surface area contributed by atoms with Crippen LogP contribution >= 0.6 is 0 Å². The second kappa shape index (κ2) is 7.01. The zero-order valence-corrected chi connectivity index (χ0v) is 11.9. The molecule has 4 unspecified atom stereocenters. The lowest BCUT2D eigenvalue weighted by Gasteiger charge is -2.26. The fraction of sp³-hybridized carbons (Fsp3) is 1.00. The van der Waals surface area contributed by atoms with Crippen molar-refractivity contribution in [2.75, 3.05) is 39.6 Å². The molecule has 2 aliphatic heterocycles. The van der Waals surface area contributed by atoms with Crippen molar-refractivity contribution in [1.29, 1.82) is 0 Å². The molecule has 4 atom stereocenters.